The summed E-state index contributed by atoms with van der Waals surface area (Å²) in [6.07, 6.45) is 8.97. The molecule has 2 N–H and O–H groups in total. The molecule has 4 heteroatoms. The van der Waals surface area contributed by atoms with Crippen LogP contribution in [0, 0.1) is 11.8 Å². The Morgan fingerprint density at radius 3 is 2.67 bits per heavy atom. The molecule has 1 unspecified atom stereocenters. The fourth-order valence-electron chi connectivity index (χ4n) is 3.22. The molecule has 0 bridgehead atoms. The largest absolute Gasteiger partial charge is 0.508 e. The van der Waals surface area contributed by atoms with Crippen LogP contribution in [0.4, 0.5) is 0 Å². The number of hydrogen-bond donors (Lipinski definition) is 2. The van der Waals surface area contributed by atoms with Crippen LogP contribution >= 0.6 is 23.4 Å². The van der Waals surface area contributed by atoms with Gasteiger partial charge in [-0.05, 0) is 42.9 Å². The van der Waals surface area contributed by atoms with Gasteiger partial charge in [0.15, 0.2) is 0 Å². The lowest BCUT2D eigenvalue weighted by atomic mass is 9.79. The Labute approximate surface area is 136 Å². The number of hydrogen-bond acceptors (Lipinski definition) is 3. The first kappa shape index (κ1) is 16.8. The maximum absolute atomic E-state index is 9.88. The summed E-state index contributed by atoms with van der Waals surface area (Å²) in [7, 11) is 0. The molecule has 118 valence electrons. The third-order valence-electron chi connectivity index (χ3n) is 4.42. The fourth-order valence-corrected chi connectivity index (χ4v) is 4.62. The molecule has 2 rings (SSSR count). The van der Waals surface area contributed by atoms with E-state index in [0.29, 0.717) is 5.92 Å². The summed E-state index contributed by atoms with van der Waals surface area (Å²) < 4.78 is 0. The number of alkyl halides is 1. The van der Waals surface area contributed by atoms with Gasteiger partial charge < -0.3 is 10.2 Å². The van der Waals surface area contributed by atoms with Gasteiger partial charge in [0.1, 0.15) is 11.5 Å². The molecule has 0 aliphatic heterocycles. The minimum atomic E-state index is 0.213. The van der Waals surface area contributed by atoms with Crippen LogP contribution in [0.1, 0.15) is 44.9 Å². The minimum Gasteiger partial charge on any atom is -0.508 e. The van der Waals surface area contributed by atoms with Crippen LogP contribution in [-0.4, -0.2) is 21.8 Å². The van der Waals surface area contributed by atoms with Crippen LogP contribution in [0.2, 0.25) is 0 Å². The lowest BCUT2D eigenvalue weighted by molar-refractivity contribution is 0.255. The van der Waals surface area contributed by atoms with E-state index in [4.69, 9.17) is 11.6 Å². The summed E-state index contributed by atoms with van der Waals surface area (Å²) >= 11 is 7.53. The van der Waals surface area contributed by atoms with Crippen LogP contribution < -0.4 is 0 Å². The predicted molar refractivity (Wildman–Crippen MR) is 90.5 cm³/mol. The Hall–Kier alpha value is -0.540. The third-order valence-corrected chi connectivity index (χ3v) is 5.92. The van der Waals surface area contributed by atoms with E-state index >= 15 is 0 Å². The van der Waals surface area contributed by atoms with Crippen molar-refractivity contribution < 1.29 is 10.2 Å². The van der Waals surface area contributed by atoms with Gasteiger partial charge in [-0.25, -0.2) is 0 Å². The van der Waals surface area contributed by atoms with E-state index in [1.54, 1.807) is 23.9 Å². The monoisotopic (exact) mass is 328 g/mol. The van der Waals surface area contributed by atoms with E-state index in [0.717, 1.165) is 28.9 Å². The third kappa shape index (κ3) is 5.30. The average molecular weight is 329 g/mol. The summed E-state index contributed by atoms with van der Waals surface area (Å²) in [5, 5.41) is 19.4. The highest BCUT2D eigenvalue weighted by molar-refractivity contribution is 7.99. The number of halogens is 1. The standard InChI is InChI=1S/C17H25ClO2S/c18-10-4-7-14(13-5-2-1-3-6-13)12-21-17-11-15(19)8-9-16(17)20/h8-9,11,13-14,19-20H,1-7,10,12H2. The van der Waals surface area contributed by atoms with Crippen LogP contribution in [0.3, 0.4) is 0 Å². The molecule has 1 fully saturated rings. The van der Waals surface area contributed by atoms with E-state index in [1.807, 2.05) is 0 Å². The number of rotatable bonds is 7. The second-order valence-corrected chi connectivity index (χ2v) is 7.39. The Balaban J connectivity index is 1.95. The normalized spacial score (nSPS) is 17.8. The Kier molecular flexibility index (Phi) is 7.05. The van der Waals surface area contributed by atoms with Crippen LogP contribution in [0.15, 0.2) is 23.1 Å². The molecule has 2 nitrogen and oxygen atoms in total. The molecule has 1 aliphatic carbocycles. The molecule has 1 saturated carbocycles. The van der Waals surface area contributed by atoms with E-state index in [1.165, 1.54) is 44.6 Å². The van der Waals surface area contributed by atoms with E-state index < -0.39 is 0 Å². The smallest absolute Gasteiger partial charge is 0.129 e. The van der Waals surface area contributed by atoms with Gasteiger partial charge in [0, 0.05) is 11.6 Å². The van der Waals surface area contributed by atoms with Crippen molar-refractivity contribution in [3.63, 3.8) is 0 Å². The number of phenolic OH excluding ortho intramolecular Hbond substituents is 2. The highest BCUT2D eigenvalue weighted by Gasteiger charge is 2.23. The first-order valence-electron chi connectivity index (χ1n) is 7.91. The molecule has 1 atom stereocenters. The van der Waals surface area contributed by atoms with Gasteiger partial charge in [-0.15, -0.1) is 23.4 Å². The minimum absolute atomic E-state index is 0.213. The molecule has 0 aromatic heterocycles. The molecule has 1 aliphatic rings. The van der Waals surface area contributed by atoms with Crippen molar-refractivity contribution in [2.75, 3.05) is 11.6 Å². The molecular formula is C17H25ClO2S. The summed E-state index contributed by atoms with van der Waals surface area (Å²) in [6.45, 7) is 0. The summed E-state index contributed by atoms with van der Waals surface area (Å²) in [4.78, 5) is 0.779. The molecule has 0 saturated heterocycles. The first-order valence-corrected chi connectivity index (χ1v) is 9.43. The second-order valence-electron chi connectivity index (χ2n) is 5.95. The van der Waals surface area contributed by atoms with Crippen molar-refractivity contribution in [1.29, 1.82) is 0 Å². The lowest BCUT2D eigenvalue weighted by Crippen LogP contribution is -2.20. The lowest BCUT2D eigenvalue weighted by Gasteiger charge is -2.30. The number of aromatic hydroxyl groups is 2. The summed E-state index contributed by atoms with van der Waals surface area (Å²) in [5.41, 5.74) is 0. The zero-order valence-electron chi connectivity index (χ0n) is 12.4. The van der Waals surface area contributed by atoms with Crippen molar-refractivity contribution in [2.24, 2.45) is 11.8 Å². The van der Waals surface area contributed by atoms with Crippen molar-refractivity contribution in [2.45, 2.75) is 49.8 Å². The molecule has 0 spiro atoms. The van der Waals surface area contributed by atoms with Crippen molar-refractivity contribution >= 4 is 23.4 Å². The first-order chi connectivity index (χ1) is 10.2. The number of phenols is 2. The van der Waals surface area contributed by atoms with Crippen molar-refractivity contribution in [1.82, 2.24) is 0 Å². The Bertz CT molecular complexity index is 433. The molecular weight excluding hydrogens is 304 g/mol. The maximum Gasteiger partial charge on any atom is 0.129 e. The van der Waals surface area contributed by atoms with Crippen molar-refractivity contribution in [3.8, 4) is 11.5 Å². The van der Waals surface area contributed by atoms with Gasteiger partial charge >= 0.3 is 0 Å². The quantitative estimate of drug-likeness (QED) is 0.399. The summed E-state index contributed by atoms with van der Waals surface area (Å²) in [6, 6.07) is 4.73. The van der Waals surface area contributed by atoms with Gasteiger partial charge in [0.2, 0.25) is 0 Å². The molecule has 0 amide bonds. The molecule has 1 aromatic carbocycles. The van der Waals surface area contributed by atoms with Crippen molar-refractivity contribution in [3.05, 3.63) is 18.2 Å². The van der Waals surface area contributed by atoms with E-state index in [2.05, 4.69) is 0 Å². The number of benzene rings is 1. The van der Waals surface area contributed by atoms with E-state index in [-0.39, 0.29) is 11.5 Å². The van der Waals surface area contributed by atoms with Gasteiger partial charge in [-0.3, -0.25) is 0 Å². The SMILES string of the molecule is Oc1ccc(O)c(SCC(CCCCl)C2CCCCC2)c1. The molecule has 0 heterocycles. The fraction of sp³-hybridized carbons (Fsp3) is 0.647. The Morgan fingerprint density at radius 2 is 1.95 bits per heavy atom. The van der Waals surface area contributed by atoms with Gasteiger partial charge in [0.05, 0.1) is 4.90 Å². The van der Waals surface area contributed by atoms with Gasteiger partial charge in [-0.2, -0.15) is 0 Å². The molecule has 0 radical (unpaired) electrons. The van der Waals surface area contributed by atoms with Gasteiger partial charge in [0.25, 0.3) is 0 Å². The van der Waals surface area contributed by atoms with Crippen LogP contribution in [-0.2, 0) is 0 Å². The van der Waals surface area contributed by atoms with Crippen LogP contribution in [0.25, 0.3) is 0 Å². The average Bonchev–Trinajstić information content (AvgIpc) is 2.51. The van der Waals surface area contributed by atoms with Gasteiger partial charge in [-0.1, -0.05) is 32.1 Å². The maximum atomic E-state index is 9.88. The molecule has 21 heavy (non-hydrogen) atoms. The predicted octanol–water partition coefficient (Wildman–Crippen LogP) is 5.41. The Morgan fingerprint density at radius 1 is 1.19 bits per heavy atom. The van der Waals surface area contributed by atoms with Crippen LogP contribution in [0.5, 0.6) is 11.5 Å². The highest BCUT2D eigenvalue weighted by atomic mass is 35.5. The molecule has 1 aromatic rings. The topological polar surface area (TPSA) is 40.5 Å². The zero-order valence-corrected chi connectivity index (χ0v) is 14.0. The second kappa shape index (κ2) is 8.79. The summed E-state index contributed by atoms with van der Waals surface area (Å²) in [5.74, 6) is 3.66. The zero-order chi connectivity index (χ0) is 15.1. The highest BCUT2D eigenvalue weighted by Crippen LogP contribution is 2.38. The number of thioether (sulfide) groups is 1. The van der Waals surface area contributed by atoms with E-state index in [9.17, 15) is 10.2 Å².